The van der Waals surface area contributed by atoms with Crippen LogP contribution in [0.5, 0.6) is 0 Å². The molecular formula is C12H7BrF3NO2S. The second-order valence-electron chi connectivity index (χ2n) is 3.81. The Morgan fingerprint density at radius 2 is 1.65 bits per heavy atom. The van der Waals surface area contributed by atoms with Gasteiger partial charge >= 0.3 is 0 Å². The summed E-state index contributed by atoms with van der Waals surface area (Å²) in [4.78, 5) is -0.720. The van der Waals surface area contributed by atoms with E-state index in [1.807, 2.05) is 4.72 Å². The predicted octanol–water partition coefficient (Wildman–Crippen LogP) is 3.67. The van der Waals surface area contributed by atoms with Gasteiger partial charge in [-0.25, -0.2) is 21.6 Å². The summed E-state index contributed by atoms with van der Waals surface area (Å²) in [6.07, 6.45) is 0. The van der Waals surface area contributed by atoms with E-state index in [0.29, 0.717) is 6.07 Å². The van der Waals surface area contributed by atoms with Gasteiger partial charge in [-0.2, -0.15) is 0 Å². The molecule has 2 aromatic carbocycles. The smallest absolute Gasteiger partial charge is 0.264 e. The van der Waals surface area contributed by atoms with Crippen LogP contribution in [-0.4, -0.2) is 8.42 Å². The number of hydrogen-bond acceptors (Lipinski definition) is 2. The van der Waals surface area contributed by atoms with Crippen molar-refractivity contribution in [1.29, 1.82) is 0 Å². The summed E-state index contributed by atoms with van der Waals surface area (Å²) in [5.74, 6) is -2.80. The van der Waals surface area contributed by atoms with E-state index < -0.39 is 32.4 Å². The Balaban J connectivity index is 2.38. The fourth-order valence-electron chi connectivity index (χ4n) is 1.46. The van der Waals surface area contributed by atoms with Gasteiger partial charge in [0.2, 0.25) is 0 Å². The Morgan fingerprint density at radius 1 is 0.950 bits per heavy atom. The zero-order valence-electron chi connectivity index (χ0n) is 9.70. The van der Waals surface area contributed by atoms with Gasteiger partial charge in [-0.15, -0.1) is 0 Å². The summed E-state index contributed by atoms with van der Waals surface area (Å²) >= 11 is 2.92. The zero-order valence-corrected chi connectivity index (χ0v) is 12.1. The van der Waals surface area contributed by atoms with E-state index in [4.69, 9.17) is 0 Å². The molecule has 0 spiro atoms. The second kappa shape index (κ2) is 5.45. The highest BCUT2D eigenvalue weighted by molar-refractivity contribution is 9.10. The van der Waals surface area contributed by atoms with E-state index in [-0.39, 0.29) is 10.2 Å². The van der Waals surface area contributed by atoms with Gasteiger partial charge in [0.15, 0.2) is 0 Å². The average molecular weight is 366 g/mol. The fourth-order valence-corrected chi connectivity index (χ4v) is 2.82. The highest BCUT2D eigenvalue weighted by Gasteiger charge is 2.20. The van der Waals surface area contributed by atoms with Crippen molar-refractivity contribution in [3.8, 4) is 0 Å². The quantitative estimate of drug-likeness (QED) is 0.901. The molecule has 0 amide bonds. The van der Waals surface area contributed by atoms with E-state index in [9.17, 15) is 21.6 Å². The van der Waals surface area contributed by atoms with Crippen LogP contribution in [0, 0.1) is 17.5 Å². The number of anilines is 1. The second-order valence-corrected chi connectivity index (χ2v) is 6.31. The summed E-state index contributed by atoms with van der Waals surface area (Å²) in [6, 6.07) is 5.60. The van der Waals surface area contributed by atoms with Crippen LogP contribution in [-0.2, 0) is 10.0 Å². The van der Waals surface area contributed by atoms with Crippen molar-refractivity contribution in [2.75, 3.05) is 4.72 Å². The highest BCUT2D eigenvalue weighted by Crippen LogP contribution is 2.23. The maximum Gasteiger partial charge on any atom is 0.264 e. The molecule has 20 heavy (non-hydrogen) atoms. The molecule has 0 aromatic heterocycles. The number of rotatable bonds is 3. The third kappa shape index (κ3) is 3.13. The molecule has 2 aromatic rings. The van der Waals surface area contributed by atoms with Crippen molar-refractivity contribution in [2.45, 2.75) is 4.90 Å². The molecule has 0 atom stereocenters. The van der Waals surface area contributed by atoms with E-state index in [1.165, 1.54) is 12.1 Å². The minimum Gasteiger partial charge on any atom is -0.279 e. The van der Waals surface area contributed by atoms with Crippen LogP contribution >= 0.6 is 15.9 Å². The molecule has 0 saturated heterocycles. The molecular weight excluding hydrogens is 359 g/mol. The minimum absolute atomic E-state index is 0.0746. The number of benzene rings is 2. The van der Waals surface area contributed by atoms with E-state index >= 15 is 0 Å². The largest absolute Gasteiger partial charge is 0.279 e. The lowest BCUT2D eigenvalue weighted by atomic mass is 10.3. The lowest BCUT2D eigenvalue weighted by molar-refractivity contribution is 0.551. The van der Waals surface area contributed by atoms with Gasteiger partial charge in [-0.05, 0) is 46.3 Å². The molecule has 0 unspecified atom stereocenters. The third-order valence-corrected chi connectivity index (χ3v) is 4.41. The highest BCUT2D eigenvalue weighted by atomic mass is 79.9. The van der Waals surface area contributed by atoms with Gasteiger partial charge in [0.1, 0.15) is 22.3 Å². The minimum atomic E-state index is -4.26. The molecule has 3 nitrogen and oxygen atoms in total. The standard InChI is InChI=1S/C12H7BrF3NO2S/c13-9-3-2-8(6-10(9)15)17-20(18,19)12-4-1-7(14)5-11(12)16/h1-6,17H. The first-order chi connectivity index (χ1) is 9.29. The molecule has 0 radical (unpaired) electrons. The molecule has 106 valence electrons. The molecule has 8 heteroatoms. The number of nitrogens with one attached hydrogen (secondary N) is 1. The Labute approximate surface area is 121 Å². The molecule has 1 N–H and O–H groups in total. The van der Waals surface area contributed by atoms with Crippen molar-refractivity contribution < 1.29 is 21.6 Å². The van der Waals surface area contributed by atoms with Crippen LogP contribution < -0.4 is 4.72 Å². The maximum absolute atomic E-state index is 13.5. The van der Waals surface area contributed by atoms with Crippen molar-refractivity contribution in [3.63, 3.8) is 0 Å². The van der Waals surface area contributed by atoms with Crippen molar-refractivity contribution in [2.24, 2.45) is 0 Å². The summed E-state index contributed by atoms with van der Waals surface area (Å²) in [7, 11) is -4.26. The molecule has 0 fully saturated rings. The lowest BCUT2D eigenvalue weighted by Crippen LogP contribution is -2.14. The van der Waals surface area contributed by atoms with Gasteiger partial charge in [-0.3, -0.25) is 4.72 Å². The molecule has 0 aliphatic rings. The van der Waals surface area contributed by atoms with Gasteiger partial charge in [0.05, 0.1) is 10.2 Å². The van der Waals surface area contributed by atoms with Gasteiger partial charge in [0, 0.05) is 6.07 Å². The Hall–Kier alpha value is -1.54. The van der Waals surface area contributed by atoms with Crippen LogP contribution in [0.4, 0.5) is 18.9 Å². The van der Waals surface area contributed by atoms with Crippen LogP contribution in [0.25, 0.3) is 0 Å². The molecule has 2 rings (SSSR count). The van der Waals surface area contributed by atoms with Gasteiger partial charge < -0.3 is 0 Å². The fraction of sp³-hybridized carbons (Fsp3) is 0. The van der Waals surface area contributed by atoms with Crippen LogP contribution in [0.2, 0.25) is 0 Å². The monoisotopic (exact) mass is 365 g/mol. The molecule has 0 heterocycles. The summed E-state index contributed by atoms with van der Waals surface area (Å²) in [5.41, 5.74) is -0.0746. The summed E-state index contributed by atoms with van der Waals surface area (Å²) < 4.78 is 65.5. The Morgan fingerprint density at radius 3 is 2.25 bits per heavy atom. The Bertz CT molecular complexity index is 765. The number of hydrogen-bond donors (Lipinski definition) is 1. The average Bonchev–Trinajstić information content (AvgIpc) is 2.33. The van der Waals surface area contributed by atoms with Crippen molar-refractivity contribution >= 4 is 31.6 Å². The molecule has 0 aliphatic carbocycles. The maximum atomic E-state index is 13.5. The first-order valence-corrected chi connectivity index (χ1v) is 7.50. The van der Waals surface area contributed by atoms with Gasteiger partial charge in [-0.1, -0.05) is 0 Å². The summed E-state index contributed by atoms with van der Waals surface area (Å²) in [5, 5.41) is 0. The first kappa shape index (κ1) is 14.9. The number of halogens is 4. The normalized spacial score (nSPS) is 11.4. The van der Waals surface area contributed by atoms with Crippen LogP contribution in [0.1, 0.15) is 0 Å². The molecule has 0 aliphatic heterocycles. The van der Waals surface area contributed by atoms with E-state index in [2.05, 4.69) is 15.9 Å². The first-order valence-electron chi connectivity index (χ1n) is 5.22. The van der Waals surface area contributed by atoms with Crippen molar-refractivity contribution in [1.82, 2.24) is 0 Å². The van der Waals surface area contributed by atoms with E-state index in [1.54, 1.807) is 0 Å². The van der Waals surface area contributed by atoms with Crippen LogP contribution in [0.15, 0.2) is 45.8 Å². The number of sulfonamides is 1. The van der Waals surface area contributed by atoms with Crippen molar-refractivity contribution in [3.05, 3.63) is 58.3 Å². The SMILES string of the molecule is O=S(=O)(Nc1ccc(Br)c(F)c1)c1ccc(F)cc1F. The zero-order chi connectivity index (χ0) is 14.9. The van der Waals surface area contributed by atoms with E-state index in [0.717, 1.165) is 18.2 Å². The third-order valence-electron chi connectivity index (χ3n) is 2.36. The summed E-state index contributed by atoms with van der Waals surface area (Å²) in [6.45, 7) is 0. The lowest BCUT2D eigenvalue weighted by Gasteiger charge is -2.09. The Kier molecular flexibility index (Phi) is 4.05. The molecule has 0 saturated carbocycles. The van der Waals surface area contributed by atoms with Crippen LogP contribution in [0.3, 0.4) is 0 Å². The topological polar surface area (TPSA) is 46.2 Å². The predicted molar refractivity (Wildman–Crippen MR) is 71.3 cm³/mol. The van der Waals surface area contributed by atoms with Gasteiger partial charge in [0.25, 0.3) is 10.0 Å². The molecule has 0 bridgehead atoms.